The minimum atomic E-state index is -0.0695. The zero-order chi connectivity index (χ0) is 18.3. The molecule has 5 rings (SSSR count). The molecule has 1 aromatic heterocycles. The molecule has 1 unspecified atom stereocenters. The fourth-order valence-electron chi connectivity index (χ4n) is 4.61. The number of likely N-dealkylation sites (tertiary alicyclic amines) is 1. The maximum Gasteiger partial charge on any atom is 0.150 e. The van der Waals surface area contributed by atoms with Crippen LogP contribution in [0.25, 0.3) is 11.3 Å². The molecule has 27 heavy (non-hydrogen) atoms. The molecule has 1 atom stereocenters. The number of ether oxygens (including phenoxy) is 2. The second kappa shape index (κ2) is 6.73. The lowest BCUT2D eigenvalue weighted by molar-refractivity contribution is 0.00385. The molecule has 0 saturated carbocycles. The highest BCUT2D eigenvalue weighted by Gasteiger charge is 2.43. The topological polar surface area (TPSA) is 51.7 Å². The molecule has 3 aliphatic rings. The average Bonchev–Trinajstić information content (AvgIpc) is 3.36. The fourth-order valence-corrected chi connectivity index (χ4v) is 4.61. The lowest BCUT2D eigenvalue weighted by atomic mass is 9.86. The molecule has 3 aliphatic heterocycles. The predicted molar refractivity (Wildman–Crippen MR) is 102 cm³/mol. The molecule has 2 aromatic rings. The minimum absolute atomic E-state index is 0.0695. The molecule has 2 saturated heterocycles. The normalized spacial score (nSPS) is 23.9. The number of nitrogens with zero attached hydrogens (tertiary/aromatic N) is 2. The summed E-state index contributed by atoms with van der Waals surface area (Å²) >= 11 is 0. The van der Waals surface area contributed by atoms with Crippen molar-refractivity contribution in [3.63, 3.8) is 0 Å². The Bertz CT molecular complexity index is 835. The van der Waals surface area contributed by atoms with Gasteiger partial charge >= 0.3 is 0 Å². The van der Waals surface area contributed by atoms with E-state index in [9.17, 15) is 4.79 Å². The van der Waals surface area contributed by atoms with Crippen LogP contribution in [0.4, 0.5) is 0 Å². The largest absolute Gasteiger partial charge is 0.485 e. The molecule has 140 valence electrons. The molecule has 0 bridgehead atoms. The number of pyridine rings is 1. The first-order valence-corrected chi connectivity index (χ1v) is 9.80. The van der Waals surface area contributed by atoms with Crippen molar-refractivity contribution in [3.05, 3.63) is 47.7 Å². The molecule has 2 fully saturated rings. The summed E-state index contributed by atoms with van der Waals surface area (Å²) in [4.78, 5) is 18.0. The van der Waals surface area contributed by atoms with Crippen molar-refractivity contribution < 1.29 is 14.3 Å². The minimum Gasteiger partial charge on any atom is -0.485 e. The summed E-state index contributed by atoms with van der Waals surface area (Å²) in [6.45, 7) is 3.94. The van der Waals surface area contributed by atoms with E-state index in [1.807, 2.05) is 30.5 Å². The molecule has 0 aliphatic carbocycles. The maximum absolute atomic E-state index is 10.8. The van der Waals surface area contributed by atoms with Crippen molar-refractivity contribution in [3.8, 4) is 17.0 Å². The van der Waals surface area contributed by atoms with Crippen LogP contribution in [0, 0.1) is 0 Å². The Hall–Kier alpha value is -2.24. The van der Waals surface area contributed by atoms with Crippen molar-refractivity contribution in [2.45, 2.75) is 37.3 Å². The average molecular weight is 364 g/mol. The first-order valence-electron chi connectivity index (χ1n) is 9.80. The van der Waals surface area contributed by atoms with Gasteiger partial charge in [-0.15, -0.1) is 0 Å². The number of aromatic nitrogens is 1. The van der Waals surface area contributed by atoms with E-state index >= 15 is 0 Å². The van der Waals surface area contributed by atoms with E-state index in [0.717, 1.165) is 75.3 Å². The first-order chi connectivity index (χ1) is 13.2. The molecule has 0 amide bonds. The second-order valence-corrected chi connectivity index (χ2v) is 7.93. The number of hydrogen-bond acceptors (Lipinski definition) is 5. The van der Waals surface area contributed by atoms with E-state index in [-0.39, 0.29) is 5.60 Å². The van der Waals surface area contributed by atoms with Gasteiger partial charge in [0.2, 0.25) is 0 Å². The molecular formula is C22H24N2O3. The fraction of sp³-hybridized carbons (Fsp3) is 0.455. The maximum atomic E-state index is 10.8. The number of carbonyl (C=O) groups is 1. The third-order valence-electron chi connectivity index (χ3n) is 6.26. The summed E-state index contributed by atoms with van der Waals surface area (Å²) in [6.07, 6.45) is 6.96. The van der Waals surface area contributed by atoms with Crippen molar-refractivity contribution in [2.75, 3.05) is 26.3 Å². The number of carbonyl (C=O) groups excluding carboxylic acids is 1. The number of benzene rings is 1. The van der Waals surface area contributed by atoms with Crippen LogP contribution < -0.4 is 4.74 Å². The molecule has 5 nitrogen and oxygen atoms in total. The summed E-state index contributed by atoms with van der Waals surface area (Å²) in [5.41, 5.74) is 3.83. The first kappa shape index (κ1) is 16.9. The van der Waals surface area contributed by atoms with Gasteiger partial charge in [0.15, 0.2) is 0 Å². The Kier molecular flexibility index (Phi) is 4.21. The summed E-state index contributed by atoms with van der Waals surface area (Å²) in [7, 11) is 0. The van der Waals surface area contributed by atoms with Gasteiger partial charge in [-0.3, -0.25) is 14.7 Å². The Morgan fingerprint density at radius 3 is 2.70 bits per heavy atom. The Labute approximate surface area is 159 Å². The standard InChI is InChI=1S/C22H24N2O3/c25-14-16-1-3-17(4-2-16)20-11-18-12-22(27-21(18)13-23-20)6-8-24(9-7-22)19-5-10-26-15-19/h1-4,11,13-14,19H,5-10,12,15H2. The van der Waals surface area contributed by atoms with E-state index in [1.165, 1.54) is 5.56 Å². The zero-order valence-corrected chi connectivity index (χ0v) is 15.4. The Balaban J connectivity index is 1.30. The van der Waals surface area contributed by atoms with Crippen LogP contribution in [-0.2, 0) is 11.2 Å². The Morgan fingerprint density at radius 2 is 2.00 bits per heavy atom. The van der Waals surface area contributed by atoms with E-state index in [1.54, 1.807) is 0 Å². The van der Waals surface area contributed by atoms with E-state index < -0.39 is 0 Å². The highest BCUT2D eigenvalue weighted by atomic mass is 16.5. The summed E-state index contributed by atoms with van der Waals surface area (Å²) < 4.78 is 12.0. The Morgan fingerprint density at radius 1 is 1.19 bits per heavy atom. The number of fused-ring (bicyclic) bond motifs is 1. The van der Waals surface area contributed by atoms with Crippen LogP contribution in [0.15, 0.2) is 36.5 Å². The lowest BCUT2D eigenvalue weighted by Gasteiger charge is -2.40. The van der Waals surface area contributed by atoms with Gasteiger partial charge in [0.1, 0.15) is 17.6 Å². The van der Waals surface area contributed by atoms with Gasteiger partial charge in [-0.05, 0) is 12.5 Å². The van der Waals surface area contributed by atoms with Crippen molar-refractivity contribution in [1.29, 1.82) is 0 Å². The number of aldehydes is 1. The van der Waals surface area contributed by atoms with Gasteiger partial charge in [-0.25, -0.2) is 0 Å². The molecule has 4 heterocycles. The van der Waals surface area contributed by atoms with Crippen LogP contribution in [0.5, 0.6) is 5.75 Å². The van der Waals surface area contributed by atoms with Gasteiger partial charge in [0, 0.05) is 61.7 Å². The molecular weight excluding hydrogens is 340 g/mol. The van der Waals surface area contributed by atoms with Crippen molar-refractivity contribution >= 4 is 6.29 Å². The number of rotatable bonds is 3. The monoisotopic (exact) mass is 364 g/mol. The number of piperidine rings is 1. The highest BCUT2D eigenvalue weighted by molar-refractivity contribution is 5.76. The SMILES string of the molecule is O=Cc1ccc(-c2cc3c(cn2)OC2(CCN(C4CCOC4)CC2)C3)cc1. The number of hydrogen-bond donors (Lipinski definition) is 0. The zero-order valence-electron chi connectivity index (χ0n) is 15.4. The van der Waals surface area contributed by atoms with Gasteiger partial charge < -0.3 is 9.47 Å². The van der Waals surface area contributed by atoms with Gasteiger partial charge in [0.25, 0.3) is 0 Å². The highest BCUT2D eigenvalue weighted by Crippen LogP contribution is 2.42. The smallest absolute Gasteiger partial charge is 0.150 e. The summed E-state index contributed by atoms with van der Waals surface area (Å²) in [6, 6.07) is 10.3. The third kappa shape index (κ3) is 3.15. The third-order valence-corrected chi connectivity index (χ3v) is 6.26. The molecule has 5 heteroatoms. The van der Waals surface area contributed by atoms with Crippen molar-refractivity contribution in [1.82, 2.24) is 9.88 Å². The van der Waals surface area contributed by atoms with Crippen molar-refractivity contribution in [2.24, 2.45) is 0 Å². The molecule has 0 N–H and O–H groups in total. The summed E-state index contributed by atoms with van der Waals surface area (Å²) in [5, 5.41) is 0. The van der Waals surface area contributed by atoms with Crippen LogP contribution >= 0.6 is 0 Å². The lowest BCUT2D eigenvalue weighted by Crippen LogP contribution is -2.50. The van der Waals surface area contributed by atoms with Gasteiger partial charge in [-0.2, -0.15) is 0 Å². The second-order valence-electron chi connectivity index (χ2n) is 7.93. The summed E-state index contributed by atoms with van der Waals surface area (Å²) in [5.74, 6) is 0.931. The van der Waals surface area contributed by atoms with Gasteiger partial charge in [0.05, 0.1) is 18.5 Å². The van der Waals surface area contributed by atoms with E-state index in [4.69, 9.17) is 9.47 Å². The predicted octanol–water partition coefficient (Wildman–Crippen LogP) is 3.12. The van der Waals surface area contributed by atoms with E-state index in [2.05, 4.69) is 16.0 Å². The van der Waals surface area contributed by atoms with Crippen LogP contribution in [0.2, 0.25) is 0 Å². The van der Waals surface area contributed by atoms with Crippen LogP contribution in [0.1, 0.15) is 35.2 Å². The molecule has 1 aromatic carbocycles. The molecule has 1 spiro atoms. The quantitative estimate of drug-likeness (QED) is 0.784. The van der Waals surface area contributed by atoms with Crippen LogP contribution in [-0.4, -0.2) is 54.1 Å². The van der Waals surface area contributed by atoms with Crippen LogP contribution in [0.3, 0.4) is 0 Å². The molecule has 0 radical (unpaired) electrons. The van der Waals surface area contributed by atoms with E-state index in [0.29, 0.717) is 11.6 Å². The van der Waals surface area contributed by atoms with Gasteiger partial charge in [-0.1, -0.05) is 24.3 Å².